The molecule has 0 spiro atoms. The highest BCUT2D eigenvalue weighted by atomic mass is 16.3. The summed E-state index contributed by atoms with van der Waals surface area (Å²) in [5, 5.41) is 21.3. The highest BCUT2D eigenvalue weighted by molar-refractivity contribution is 5.90. The van der Waals surface area contributed by atoms with Gasteiger partial charge in [-0.15, -0.1) is 0 Å². The van der Waals surface area contributed by atoms with E-state index in [1.54, 1.807) is 0 Å². The first-order valence-corrected chi connectivity index (χ1v) is 8.23. The summed E-state index contributed by atoms with van der Waals surface area (Å²) in [6.45, 7) is 7.47. The van der Waals surface area contributed by atoms with Crippen molar-refractivity contribution in [3.05, 3.63) is 23.7 Å². The maximum atomic E-state index is 9.00. The van der Waals surface area contributed by atoms with Crippen molar-refractivity contribution in [2.24, 2.45) is 10.9 Å². The molecule has 1 aromatic heterocycles. The van der Waals surface area contributed by atoms with Crippen LogP contribution in [0, 0.1) is 28.6 Å². The quantitative estimate of drug-likeness (QED) is 0.685. The van der Waals surface area contributed by atoms with Crippen LogP contribution in [0.25, 0.3) is 0 Å². The van der Waals surface area contributed by atoms with Crippen LogP contribution in [0.5, 0.6) is 0 Å². The van der Waals surface area contributed by atoms with Crippen LogP contribution in [0.2, 0.25) is 0 Å². The molecule has 1 aliphatic heterocycles. The summed E-state index contributed by atoms with van der Waals surface area (Å²) in [4.78, 5) is 8.48. The lowest BCUT2D eigenvalue weighted by Crippen LogP contribution is -2.37. The summed E-state index contributed by atoms with van der Waals surface area (Å²) in [6, 6.07) is 7.99. The molecule has 0 fully saturated rings. The highest BCUT2D eigenvalue weighted by Gasteiger charge is 2.24. The lowest BCUT2D eigenvalue weighted by Gasteiger charge is -2.20. The molecule has 0 aromatic carbocycles. The number of aliphatic imine (C=N–C) groups is 1. The van der Waals surface area contributed by atoms with Crippen LogP contribution in [-0.4, -0.2) is 55.4 Å². The number of furan rings is 1. The van der Waals surface area contributed by atoms with Gasteiger partial charge in [0, 0.05) is 19.6 Å². The van der Waals surface area contributed by atoms with Crippen LogP contribution < -0.4 is 5.32 Å². The summed E-state index contributed by atoms with van der Waals surface area (Å²) < 4.78 is 5.79. The van der Waals surface area contributed by atoms with E-state index in [9.17, 15) is 0 Å². The molecule has 0 saturated carbocycles. The first-order chi connectivity index (χ1) is 11.7. The van der Waals surface area contributed by atoms with E-state index >= 15 is 0 Å². The van der Waals surface area contributed by atoms with Crippen molar-refractivity contribution >= 4 is 5.84 Å². The molecule has 0 amide bonds. The Labute approximate surface area is 143 Å². The molecular weight excluding hydrogens is 304 g/mol. The number of nitriles is 2. The second kappa shape index (κ2) is 9.07. The standard InChI is InChI=1S/C17H24N6O/c1-3-22(2)13-16-5-4-15(24-16)12-20-6-8-23-9-7-21-17(23)14(10-18)11-19/h4-5,14,20H,3,6-9,12-13H2,1-2H3. The zero-order chi connectivity index (χ0) is 17.4. The van der Waals surface area contributed by atoms with Crippen molar-refractivity contribution in [2.75, 3.05) is 39.8 Å². The number of hydrogen-bond donors (Lipinski definition) is 1. The van der Waals surface area contributed by atoms with Gasteiger partial charge in [0.15, 0.2) is 5.92 Å². The van der Waals surface area contributed by atoms with E-state index in [-0.39, 0.29) is 0 Å². The second-order valence-corrected chi connectivity index (χ2v) is 5.79. The Bertz CT molecular complexity index is 624. The maximum absolute atomic E-state index is 9.00. The van der Waals surface area contributed by atoms with Crippen molar-refractivity contribution < 1.29 is 4.42 Å². The molecule has 0 atom stereocenters. The fraction of sp³-hybridized carbons (Fsp3) is 0.588. The molecule has 0 unspecified atom stereocenters. The van der Waals surface area contributed by atoms with Gasteiger partial charge in [0.25, 0.3) is 0 Å². The van der Waals surface area contributed by atoms with E-state index in [4.69, 9.17) is 14.9 Å². The minimum Gasteiger partial charge on any atom is -0.463 e. The fourth-order valence-electron chi connectivity index (χ4n) is 2.55. The van der Waals surface area contributed by atoms with Gasteiger partial charge in [-0.25, -0.2) is 0 Å². The van der Waals surface area contributed by atoms with Gasteiger partial charge in [-0.3, -0.25) is 9.89 Å². The molecule has 24 heavy (non-hydrogen) atoms. The van der Waals surface area contributed by atoms with Crippen LogP contribution in [0.3, 0.4) is 0 Å². The molecule has 1 aromatic rings. The number of rotatable bonds is 9. The maximum Gasteiger partial charge on any atom is 0.189 e. The van der Waals surface area contributed by atoms with Crippen LogP contribution in [0.1, 0.15) is 18.4 Å². The summed E-state index contributed by atoms with van der Waals surface area (Å²) in [5.41, 5.74) is 0. The lowest BCUT2D eigenvalue weighted by atomic mass is 10.1. The third-order valence-electron chi connectivity index (χ3n) is 4.02. The van der Waals surface area contributed by atoms with Crippen LogP contribution in [-0.2, 0) is 13.1 Å². The van der Waals surface area contributed by atoms with Crippen LogP contribution >= 0.6 is 0 Å². The molecule has 7 nitrogen and oxygen atoms in total. The average molecular weight is 328 g/mol. The van der Waals surface area contributed by atoms with Crippen LogP contribution in [0.15, 0.2) is 21.5 Å². The van der Waals surface area contributed by atoms with Gasteiger partial charge in [-0.05, 0) is 25.7 Å². The van der Waals surface area contributed by atoms with Crippen molar-refractivity contribution in [3.63, 3.8) is 0 Å². The van der Waals surface area contributed by atoms with Crippen LogP contribution in [0.4, 0.5) is 0 Å². The zero-order valence-electron chi connectivity index (χ0n) is 14.3. The number of nitrogens with one attached hydrogen (secondary N) is 1. The predicted molar refractivity (Wildman–Crippen MR) is 91.0 cm³/mol. The zero-order valence-corrected chi connectivity index (χ0v) is 14.3. The van der Waals surface area contributed by atoms with E-state index < -0.39 is 5.92 Å². The van der Waals surface area contributed by atoms with E-state index in [0.29, 0.717) is 18.9 Å². The second-order valence-electron chi connectivity index (χ2n) is 5.79. The number of amidine groups is 1. The van der Waals surface area contributed by atoms with Gasteiger partial charge < -0.3 is 14.6 Å². The van der Waals surface area contributed by atoms with Gasteiger partial charge in [-0.2, -0.15) is 10.5 Å². The molecule has 0 aliphatic carbocycles. The number of hydrogen-bond acceptors (Lipinski definition) is 7. The van der Waals surface area contributed by atoms with Crippen molar-refractivity contribution in [1.82, 2.24) is 15.1 Å². The van der Waals surface area contributed by atoms with E-state index in [2.05, 4.69) is 29.2 Å². The summed E-state index contributed by atoms with van der Waals surface area (Å²) in [6.07, 6.45) is 0. The summed E-state index contributed by atoms with van der Waals surface area (Å²) in [5.74, 6) is 1.72. The Hall–Kier alpha value is -2.35. The van der Waals surface area contributed by atoms with E-state index in [1.807, 2.05) is 29.2 Å². The topological polar surface area (TPSA) is 91.6 Å². The Morgan fingerprint density at radius 1 is 1.38 bits per heavy atom. The fourth-order valence-corrected chi connectivity index (χ4v) is 2.55. The normalized spacial score (nSPS) is 14.1. The Balaban J connectivity index is 1.73. The first kappa shape index (κ1) is 18.0. The Kier molecular flexibility index (Phi) is 6.80. The Morgan fingerprint density at radius 2 is 2.12 bits per heavy atom. The largest absolute Gasteiger partial charge is 0.463 e. The third kappa shape index (κ3) is 4.82. The van der Waals surface area contributed by atoms with Gasteiger partial charge in [0.1, 0.15) is 17.4 Å². The molecule has 0 bridgehead atoms. The number of nitrogens with zero attached hydrogens (tertiary/aromatic N) is 5. The minimum atomic E-state index is -0.768. The summed E-state index contributed by atoms with van der Waals surface area (Å²) >= 11 is 0. The average Bonchev–Trinajstić information content (AvgIpc) is 3.22. The molecule has 2 heterocycles. The first-order valence-electron chi connectivity index (χ1n) is 8.23. The van der Waals surface area contributed by atoms with Crippen molar-refractivity contribution in [2.45, 2.75) is 20.0 Å². The third-order valence-corrected chi connectivity index (χ3v) is 4.02. The molecule has 2 rings (SSSR count). The predicted octanol–water partition coefficient (Wildman–Crippen LogP) is 1.20. The van der Waals surface area contributed by atoms with Gasteiger partial charge in [0.2, 0.25) is 0 Å². The van der Waals surface area contributed by atoms with Gasteiger partial charge in [-0.1, -0.05) is 6.92 Å². The lowest BCUT2D eigenvalue weighted by molar-refractivity contribution is 0.302. The Morgan fingerprint density at radius 3 is 2.83 bits per heavy atom. The molecule has 0 saturated heterocycles. The monoisotopic (exact) mass is 328 g/mol. The van der Waals surface area contributed by atoms with Gasteiger partial charge in [0.05, 0.1) is 31.8 Å². The van der Waals surface area contributed by atoms with Crippen molar-refractivity contribution in [3.8, 4) is 12.1 Å². The molecule has 128 valence electrons. The van der Waals surface area contributed by atoms with E-state index in [0.717, 1.165) is 44.2 Å². The van der Waals surface area contributed by atoms with Crippen molar-refractivity contribution in [1.29, 1.82) is 10.5 Å². The van der Waals surface area contributed by atoms with Gasteiger partial charge >= 0.3 is 0 Å². The minimum absolute atomic E-state index is 0.602. The molecule has 0 radical (unpaired) electrons. The molecular formula is C17H24N6O. The highest BCUT2D eigenvalue weighted by Crippen LogP contribution is 2.11. The summed E-state index contributed by atoms with van der Waals surface area (Å²) in [7, 11) is 2.06. The SMILES string of the molecule is CCN(C)Cc1ccc(CNCCN2CCN=C2C(C#N)C#N)o1. The van der Waals surface area contributed by atoms with E-state index in [1.165, 1.54) is 0 Å². The molecule has 1 aliphatic rings. The molecule has 1 N–H and O–H groups in total. The smallest absolute Gasteiger partial charge is 0.189 e. The molecule has 7 heteroatoms.